The lowest BCUT2D eigenvalue weighted by atomic mass is 9.80. The summed E-state index contributed by atoms with van der Waals surface area (Å²) in [6.07, 6.45) is -0.0615. The molecule has 0 spiro atoms. The summed E-state index contributed by atoms with van der Waals surface area (Å²) in [5.41, 5.74) is 0. The van der Waals surface area contributed by atoms with Crippen LogP contribution >= 0.6 is 0 Å². The molecule has 5 unspecified atom stereocenters. The van der Waals surface area contributed by atoms with Gasteiger partial charge in [-0.15, -0.1) is 0 Å². The van der Waals surface area contributed by atoms with Gasteiger partial charge in [0.15, 0.2) is 0 Å². The summed E-state index contributed by atoms with van der Waals surface area (Å²) in [4.78, 5) is 23.1. The zero-order chi connectivity index (χ0) is 11.9. The highest BCUT2D eigenvalue weighted by atomic mass is 16.5. The van der Waals surface area contributed by atoms with Gasteiger partial charge in [-0.25, -0.2) is 0 Å². The summed E-state index contributed by atoms with van der Waals surface area (Å²) in [6.45, 7) is 1.89. The topological polar surface area (TPSA) is 72.8 Å². The minimum atomic E-state index is -0.534. The molecule has 1 N–H and O–H groups in total. The van der Waals surface area contributed by atoms with Crippen molar-refractivity contribution in [2.45, 2.75) is 19.4 Å². The van der Waals surface area contributed by atoms with E-state index in [9.17, 15) is 14.7 Å². The van der Waals surface area contributed by atoms with Crippen molar-refractivity contribution < 1.29 is 24.2 Å². The Morgan fingerprint density at radius 1 is 1.56 bits per heavy atom. The predicted molar refractivity (Wildman–Crippen MR) is 53.2 cm³/mol. The van der Waals surface area contributed by atoms with E-state index in [1.807, 2.05) is 6.92 Å². The van der Waals surface area contributed by atoms with Crippen molar-refractivity contribution in [2.75, 3.05) is 13.7 Å². The Morgan fingerprint density at radius 2 is 2.25 bits per heavy atom. The van der Waals surface area contributed by atoms with Crippen LogP contribution in [0.4, 0.5) is 0 Å². The SMILES string of the molecule is COC(=O)C1COC(=O)C2C(C)C(O)CC12. The van der Waals surface area contributed by atoms with Crippen molar-refractivity contribution in [2.24, 2.45) is 23.7 Å². The highest BCUT2D eigenvalue weighted by Gasteiger charge is 2.53. The molecule has 0 aromatic heterocycles. The van der Waals surface area contributed by atoms with Crippen LogP contribution in [0.5, 0.6) is 0 Å². The average molecular weight is 228 g/mol. The van der Waals surface area contributed by atoms with Gasteiger partial charge in [-0.3, -0.25) is 9.59 Å². The average Bonchev–Trinajstić information content (AvgIpc) is 2.56. The molecule has 5 nitrogen and oxygen atoms in total. The molecule has 90 valence electrons. The van der Waals surface area contributed by atoms with Crippen LogP contribution in [-0.2, 0) is 19.1 Å². The molecule has 2 fully saturated rings. The number of hydrogen-bond acceptors (Lipinski definition) is 5. The van der Waals surface area contributed by atoms with Gasteiger partial charge < -0.3 is 14.6 Å². The van der Waals surface area contributed by atoms with E-state index in [2.05, 4.69) is 0 Å². The first-order chi connectivity index (χ1) is 7.56. The van der Waals surface area contributed by atoms with Crippen molar-refractivity contribution >= 4 is 11.9 Å². The van der Waals surface area contributed by atoms with Gasteiger partial charge in [0, 0.05) is 0 Å². The maximum absolute atomic E-state index is 11.6. The summed E-state index contributed by atoms with van der Waals surface area (Å²) >= 11 is 0. The minimum absolute atomic E-state index is 0.0755. The Hall–Kier alpha value is -1.10. The van der Waals surface area contributed by atoms with E-state index in [-0.39, 0.29) is 36.3 Å². The van der Waals surface area contributed by atoms with E-state index in [1.165, 1.54) is 7.11 Å². The Kier molecular flexibility index (Phi) is 2.88. The molecule has 0 aromatic carbocycles. The highest BCUT2D eigenvalue weighted by molar-refractivity contribution is 5.80. The van der Waals surface area contributed by atoms with Gasteiger partial charge in [0.05, 0.1) is 25.0 Å². The molecule has 2 aliphatic rings. The molecule has 0 aromatic rings. The number of rotatable bonds is 1. The second-order valence-electron chi connectivity index (χ2n) is 4.61. The number of ether oxygens (including phenoxy) is 2. The largest absolute Gasteiger partial charge is 0.469 e. The van der Waals surface area contributed by atoms with Crippen molar-refractivity contribution in [3.63, 3.8) is 0 Å². The fourth-order valence-electron chi connectivity index (χ4n) is 2.86. The quantitative estimate of drug-likeness (QED) is 0.638. The number of carbonyl (C=O) groups is 2. The Bertz CT molecular complexity index is 313. The molecule has 1 heterocycles. The van der Waals surface area contributed by atoms with Crippen molar-refractivity contribution in [3.05, 3.63) is 0 Å². The van der Waals surface area contributed by atoms with Crippen molar-refractivity contribution in [1.29, 1.82) is 0 Å². The van der Waals surface area contributed by atoms with Gasteiger partial charge in [-0.05, 0) is 18.3 Å². The number of fused-ring (bicyclic) bond motifs is 1. The first-order valence-corrected chi connectivity index (χ1v) is 5.48. The van der Waals surface area contributed by atoms with E-state index in [1.54, 1.807) is 0 Å². The van der Waals surface area contributed by atoms with Crippen LogP contribution in [0.15, 0.2) is 0 Å². The smallest absolute Gasteiger partial charge is 0.312 e. The van der Waals surface area contributed by atoms with Crippen LogP contribution in [0.3, 0.4) is 0 Å². The lowest BCUT2D eigenvalue weighted by molar-refractivity contribution is -0.170. The Labute approximate surface area is 93.7 Å². The van der Waals surface area contributed by atoms with Gasteiger partial charge in [0.1, 0.15) is 6.61 Å². The van der Waals surface area contributed by atoms with Gasteiger partial charge in [0.25, 0.3) is 0 Å². The minimum Gasteiger partial charge on any atom is -0.469 e. The number of cyclic esters (lactones) is 1. The van der Waals surface area contributed by atoms with E-state index < -0.39 is 12.0 Å². The zero-order valence-electron chi connectivity index (χ0n) is 9.38. The molecule has 16 heavy (non-hydrogen) atoms. The summed E-state index contributed by atoms with van der Waals surface area (Å²) in [5.74, 6) is -1.73. The fraction of sp³-hybridized carbons (Fsp3) is 0.818. The molecular weight excluding hydrogens is 212 g/mol. The lowest BCUT2D eigenvalue weighted by Crippen LogP contribution is -2.42. The molecule has 2 rings (SSSR count). The van der Waals surface area contributed by atoms with Gasteiger partial charge in [0.2, 0.25) is 0 Å². The molecule has 5 atom stereocenters. The summed E-state index contributed by atoms with van der Waals surface area (Å²) < 4.78 is 9.69. The number of aliphatic hydroxyl groups excluding tert-OH is 1. The van der Waals surface area contributed by atoms with Crippen molar-refractivity contribution in [1.82, 2.24) is 0 Å². The zero-order valence-corrected chi connectivity index (χ0v) is 9.38. The third kappa shape index (κ3) is 1.59. The molecule has 1 saturated carbocycles. The van der Waals surface area contributed by atoms with Crippen LogP contribution < -0.4 is 0 Å². The number of esters is 2. The van der Waals surface area contributed by atoms with E-state index in [0.29, 0.717) is 6.42 Å². The van der Waals surface area contributed by atoms with Crippen LogP contribution in [-0.4, -0.2) is 36.9 Å². The molecule has 1 saturated heterocycles. The molecule has 0 bridgehead atoms. The summed E-state index contributed by atoms with van der Waals surface area (Å²) in [5, 5.41) is 9.76. The summed E-state index contributed by atoms with van der Waals surface area (Å²) in [7, 11) is 1.32. The molecule has 0 amide bonds. The monoisotopic (exact) mass is 228 g/mol. The van der Waals surface area contributed by atoms with Crippen LogP contribution in [0, 0.1) is 23.7 Å². The number of aliphatic hydroxyl groups is 1. The number of methoxy groups -OCH3 is 1. The molecular formula is C11H16O5. The second kappa shape index (κ2) is 4.05. The highest BCUT2D eigenvalue weighted by Crippen LogP contribution is 2.44. The van der Waals surface area contributed by atoms with E-state index >= 15 is 0 Å². The normalized spacial score (nSPS) is 42.4. The fourth-order valence-corrected chi connectivity index (χ4v) is 2.86. The maximum atomic E-state index is 11.6. The maximum Gasteiger partial charge on any atom is 0.312 e. The number of hydrogen-bond donors (Lipinski definition) is 1. The van der Waals surface area contributed by atoms with Crippen molar-refractivity contribution in [3.8, 4) is 0 Å². The first-order valence-electron chi connectivity index (χ1n) is 5.48. The third-order valence-electron chi connectivity index (χ3n) is 3.85. The molecule has 1 aliphatic carbocycles. The van der Waals surface area contributed by atoms with E-state index in [0.717, 1.165) is 0 Å². The second-order valence-corrected chi connectivity index (χ2v) is 4.61. The molecule has 5 heteroatoms. The van der Waals surface area contributed by atoms with Gasteiger partial charge >= 0.3 is 11.9 Å². The Morgan fingerprint density at radius 3 is 2.88 bits per heavy atom. The van der Waals surface area contributed by atoms with Gasteiger partial charge in [-0.2, -0.15) is 0 Å². The summed E-state index contributed by atoms with van der Waals surface area (Å²) in [6, 6.07) is 0. The van der Waals surface area contributed by atoms with Crippen LogP contribution in [0.25, 0.3) is 0 Å². The molecule has 0 radical (unpaired) electrons. The lowest BCUT2D eigenvalue weighted by Gasteiger charge is -2.31. The van der Waals surface area contributed by atoms with Gasteiger partial charge in [-0.1, -0.05) is 6.92 Å². The van der Waals surface area contributed by atoms with Crippen LogP contribution in [0.1, 0.15) is 13.3 Å². The first kappa shape index (κ1) is 11.4. The third-order valence-corrected chi connectivity index (χ3v) is 3.85. The standard InChI is InChI=1S/C11H16O5/c1-5-8(12)3-6-7(10(13)15-2)4-16-11(14)9(5)6/h5-9,12H,3-4H2,1-2H3. The van der Waals surface area contributed by atoms with E-state index in [4.69, 9.17) is 9.47 Å². The van der Waals surface area contributed by atoms with Crippen LogP contribution in [0.2, 0.25) is 0 Å². The predicted octanol–water partition coefficient (Wildman–Crippen LogP) is -0.0345. The molecule has 1 aliphatic heterocycles. The number of carbonyl (C=O) groups excluding carboxylic acids is 2. The Balaban J connectivity index is 2.22.